The summed E-state index contributed by atoms with van der Waals surface area (Å²) in [6.45, 7) is 11.5. The van der Waals surface area contributed by atoms with Gasteiger partial charge in [0, 0.05) is 45.0 Å². The number of aromatic nitrogens is 6. The first-order valence-electron chi connectivity index (χ1n) is 13.8. The number of hydrogen-bond donors (Lipinski definition) is 1. The number of ether oxygens (including phenoxy) is 2. The third kappa shape index (κ3) is 5.32. The van der Waals surface area contributed by atoms with E-state index >= 15 is 0 Å². The topological polar surface area (TPSA) is 125 Å². The third-order valence-corrected chi connectivity index (χ3v) is 7.28. The lowest BCUT2D eigenvalue weighted by Crippen LogP contribution is -2.46. The number of hydrogen-bond acceptors (Lipinski definition) is 10. The van der Waals surface area contributed by atoms with Gasteiger partial charge in [0.1, 0.15) is 12.4 Å². The summed E-state index contributed by atoms with van der Waals surface area (Å²) >= 11 is 0. The van der Waals surface area contributed by atoms with Crippen LogP contribution in [0.15, 0.2) is 64.3 Å². The minimum atomic E-state index is 0.264. The number of allylic oxidation sites excluding steroid dienone is 4. The van der Waals surface area contributed by atoms with Crippen LogP contribution < -0.4 is 5.73 Å². The molecular weight excluding hydrogens is 510 g/mol. The minimum absolute atomic E-state index is 0.264. The Morgan fingerprint density at radius 1 is 1.05 bits per heavy atom. The van der Waals surface area contributed by atoms with E-state index in [9.17, 15) is 0 Å². The van der Waals surface area contributed by atoms with Crippen LogP contribution in [0.2, 0.25) is 0 Å². The van der Waals surface area contributed by atoms with Crippen molar-refractivity contribution in [2.24, 2.45) is 0 Å². The minimum Gasteiger partial charge on any atom is -0.491 e. The van der Waals surface area contributed by atoms with Gasteiger partial charge >= 0.3 is 0 Å². The molecule has 1 saturated heterocycles. The zero-order valence-corrected chi connectivity index (χ0v) is 23.0. The number of nitrogens with two attached hydrogens (primary N) is 1. The smallest absolute Gasteiger partial charge is 0.225 e. The van der Waals surface area contributed by atoms with Crippen molar-refractivity contribution in [3.8, 4) is 11.6 Å². The average Bonchev–Trinajstić information content (AvgIpc) is 3.71. The van der Waals surface area contributed by atoms with Crippen molar-refractivity contribution < 1.29 is 13.9 Å². The molecule has 0 bridgehead atoms. The highest BCUT2D eigenvalue weighted by Crippen LogP contribution is 2.24. The van der Waals surface area contributed by atoms with Crippen molar-refractivity contribution >= 4 is 22.6 Å². The molecule has 0 unspecified atom stereocenters. The molecule has 0 spiro atoms. The van der Waals surface area contributed by atoms with Crippen molar-refractivity contribution in [2.45, 2.75) is 26.8 Å². The Morgan fingerprint density at radius 3 is 2.73 bits per heavy atom. The van der Waals surface area contributed by atoms with Crippen molar-refractivity contribution in [1.82, 2.24) is 39.2 Å². The molecule has 0 radical (unpaired) electrons. The largest absolute Gasteiger partial charge is 0.491 e. The summed E-state index contributed by atoms with van der Waals surface area (Å²) in [7, 11) is 0. The Hall–Kier alpha value is -4.16. The average molecular weight is 546 g/mol. The zero-order chi connectivity index (χ0) is 27.5. The summed E-state index contributed by atoms with van der Waals surface area (Å²) in [4.78, 5) is 14.2. The van der Waals surface area contributed by atoms with E-state index in [0.29, 0.717) is 49.2 Å². The van der Waals surface area contributed by atoms with E-state index in [2.05, 4.69) is 55.1 Å². The summed E-state index contributed by atoms with van der Waals surface area (Å²) < 4.78 is 20.2. The van der Waals surface area contributed by atoms with Gasteiger partial charge in [0.2, 0.25) is 11.8 Å². The maximum absolute atomic E-state index is 6.24. The van der Waals surface area contributed by atoms with Gasteiger partial charge < -0.3 is 24.5 Å². The Balaban J connectivity index is 1.06. The maximum Gasteiger partial charge on any atom is 0.225 e. The predicted molar refractivity (Wildman–Crippen MR) is 151 cm³/mol. The second-order valence-corrected chi connectivity index (χ2v) is 9.86. The first kappa shape index (κ1) is 26.1. The lowest BCUT2D eigenvalue weighted by atomic mass is 10.2. The number of anilines is 1. The maximum atomic E-state index is 6.24. The predicted octanol–water partition coefficient (Wildman–Crippen LogP) is 3.10. The zero-order valence-electron chi connectivity index (χ0n) is 23.0. The van der Waals surface area contributed by atoms with E-state index in [-0.39, 0.29) is 5.95 Å². The molecule has 1 aliphatic heterocycles. The molecular formula is C28H35N9O3. The SMILES string of the molecule is CCOCCOC1=CCC=C(N2CCN(CCn3ncc4c3nc(N)n3nc(-c5ccco5)nc43)CC2)C=C1C. The highest BCUT2D eigenvalue weighted by molar-refractivity contribution is 5.90. The fourth-order valence-corrected chi connectivity index (χ4v) is 5.14. The Labute approximate surface area is 232 Å². The van der Waals surface area contributed by atoms with Crippen LogP contribution in [0.1, 0.15) is 20.3 Å². The summed E-state index contributed by atoms with van der Waals surface area (Å²) in [6, 6.07) is 3.62. The monoisotopic (exact) mass is 545 g/mol. The lowest BCUT2D eigenvalue weighted by Gasteiger charge is -2.36. The molecule has 12 heteroatoms. The highest BCUT2D eigenvalue weighted by Gasteiger charge is 2.21. The summed E-state index contributed by atoms with van der Waals surface area (Å²) in [5.41, 5.74) is 9.98. The van der Waals surface area contributed by atoms with Crippen LogP contribution in [-0.2, 0) is 16.0 Å². The van der Waals surface area contributed by atoms with Gasteiger partial charge in [0.25, 0.3) is 0 Å². The molecule has 1 aliphatic carbocycles. The van der Waals surface area contributed by atoms with Gasteiger partial charge in [-0.3, -0.25) is 4.90 Å². The highest BCUT2D eigenvalue weighted by atomic mass is 16.5. The first-order valence-corrected chi connectivity index (χ1v) is 13.8. The van der Waals surface area contributed by atoms with Gasteiger partial charge in [-0.1, -0.05) is 6.08 Å². The molecule has 2 N–H and O–H groups in total. The van der Waals surface area contributed by atoms with Crippen LogP contribution in [0.3, 0.4) is 0 Å². The summed E-state index contributed by atoms with van der Waals surface area (Å²) in [5, 5.41) is 9.87. The number of rotatable bonds is 10. The molecule has 12 nitrogen and oxygen atoms in total. The molecule has 40 heavy (non-hydrogen) atoms. The Kier molecular flexibility index (Phi) is 7.51. The fraction of sp³-hybridized carbons (Fsp3) is 0.429. The van der Waals surface area contributed by atoms with Crippen LogP contribution in [0.5, 0.6) is 0 Å². The molecule has 2 aliphatic rings. The molecule has 0 saturated carbocycles. The number of fused-ring (bicyclic) bond motifs is 3. The van der Waals surface area contributed by atoms with E-state index in [1.54, 1.807) is 18.5 Å². The van der Waals surface area contributed by atoms with Gasteiger partial charge in [-0.15, -0.1) is 5.10 Å². The van der Waals surface area contributed by atoms with Crippen LogP contribution in [0.25, 0.3) is 28.3 Å². The van der Waals surface area contributed by atoms with Gasteiger partial charge in [-0.25, -0.2) is 9.67 Å². The van der Waals surface area contributed by atoms with Crippen molar-refractivity contribution in [3.63, 3.8) is 0 Å². The second kappa shape index (κ2) is 11.5. The van der Waals surface area contributed by atoms with Gasteiger partial charge in [-0.2, -0.15) is 14.6 Å². The van der Waals surface area contributed by atoms with Crippen LogP contribution >= 0.6 is 0 Å². The van der Waals surface area contributed by atoms with Gasteiger partial charge in [0.15, 0.2) is 17.1 Å². The second-order valence-electron chi connectivity index (χ2n) is 9.86. The molecule has 4 aromatic rings. The number of piperazine rings is 1. The standard InChI is InChI=1S/C28H35N9O3/c1-3-38-16-17-40-23-7-4-6-21(18-20(23)2)35-12-9-34(10-13-35)11-14-36-26-22(19-30-36)27-31-25(24-8-5-15-39-24)33-37(27)28(29)32-26/h5-8,15,18-19H,3-4,9-14,16-17H2,1-2H3,(H2,29,32). The molecule has 0 aromatic carbocycles. The molecule has 210 valence electrons. The number of nitrogen functional groups attached to an aromatic ring is 1. The summed E-state index contributed by atoms with van der Waals surface area (Å²) in [6.07, 6.45) is 10.9. The van der Waals surface area contributed by atoms with E-state index in [0.717, 1.165) is 55.9 Å². The van der Waals surface area contributed by atoms with E-state index in [1.165, 1.54) is 10.2 Å². The van der Waals surface area contributed by atoms with Crippen molar-refractivity contribution in [3.05, 3.63) is 59.9 Å². The van der Waals surface area contributed by atoms with Gasteiger partial charge in [0.05, 0.1) is 31.0 Å². The van der Waals surface area contributed by atoms with E-state index in [4.69, 9.17) is 19.6 Å². The first-order chi connectivity index (χ1) is 19.6. The van der Waals surface area contributed by atoms with Crippen LogP contribution in [-0.4, -0.2) is 91.7 Å². The molecule has 0 amide bonds. The Morgan fingerprint density at radius 2 is 1.93 bits per heavy atom. The van der Waals surface area contributed by atoms with Crippen molar-refractivity contribution in [1.29, 1.82) is 0 Å². The number of nitrogens with zero attached hydrogens (tertiary/aromatic N) is 8. The molecule has 0 atom stereocenters. The fourth-order valence-electron chi connectivity index (χ4n) is 5.14. The van der Waals surface area contributed by atoms with Crippen LogP contribution in [0, 0.1) is 0 Å². The normalized spacial score (nSPS) is 16.8. The van der Waals surface area contributed by atoms with Crippen molar-refractivity contribution in [2.75, 3.05) is 58.3 Å². The Bertz CT molecular complexity index is 1560. The molecule has 5 heterocycles. The van der Waals surface area contributed by atoms with E-state index < -0.39 is 0 Å². The quantitative estimate of drug-likeness (QED) is 0.297. The third-order valence-electron chi connectivity index (χ3n) is 7.28. The van der Waals surface area contributed by atoms with Gasteiger partial charge in [-0.05, 0) is 50.1 Å². The van der Waals surface area contributed by atoms with E-state index in [1.807, 2.05) is 17.7 Å². The molecule has 1 fully saturated rings. The lowest BCUT2D eigenvalue weighted by molar-refractivity contribution is 0.0852. The summed E-state index contributed by atoms with van der Waals surface area (Å²) in [5.74, 6) is 2.26. The van der Waals surface area contributed by atoms with Crippen LogP contribution in [0.4, 0.5) is 5.95 Å². The molecule has 6 rings (SSSR count). The number of furan rings is 1. The molecule has 4 aromatic heterocycles.